The largest absolute Gasteiger partial charge is 0.351 e. The van der Waals surface area contributed by atoms with E-state index >= 15 is 0 Å². The van der Waals surface area contributed by atoms with Gasteiger partial charge < -0.3 is 5.32 Å². The zero-order chi connectivity index (χ0) is 17.8. The van der Waals surface area contributed by atoms with Gasteiger partial charge in [0.25, 0.3) is 10.2 Å². The summed E-state index contributed by atoms with van der Waals surface area (Å²) in [5, 5.41) is 2.64. The third-order valence-electron chi connectivity index (χ3n) is 4.49. The van der Waals surface area contributed by atoms with E-state index < -0.39 is 32.0 Å². The van der Waals surface area contributed by atoms with Gasteiger partial charge in [0.15, 0.2) is 9.84 Å². The van der Waals surface area contributed by atoms with E-state index in [4.69, 9.17) is 0 Å². The van der Waals surface area contributed by atoms with Gasteiger partial charge in [0, 0.05) is 25.7 Å². The average Bonchev–Trinajstić information content (AvgIpc) is 2.71. The minimum Gasteiger partial charge on any atom is -0.351 e. The van der Waals surface area contributed by atoms with Gasteiger partial charge in [-0.15, -0.1) is 0 Å². The van der Waals surface area contributed by atoms with Crippen LogP contribution in [0.3, 0.4) is 0 Å². The molecule has 0 spiro atoms. The van der Waals surface area contributed by atoms with Crippen molar-refractivity contribution in [1.29, 1.82) is 0 Å². The molecule has 8 nitrogen and oxygen atoms in total. The lowest BCUT2D eigenvalue weighted by Gasteiger charge is -2.28. The molecule has 1 N–H and O–H groups in total. The normalized spacial score (nSPS) is 25.5. The standard InChI is InChI=1S/C14H27N3O5S2/c1-2-16(24(21,22)17-8-5-3-4-6-9-17)11-14(18)15-13-7-10-23(19,20)12-13/h13H,2-12H2,1H3,(H,15,18)/t13-/m0/s1. The Labute approximate surface area is 144 Å². The molecule has 10 heteroatoms. The van der Waals surface area contributed by atoms with Gasteiger partial charge in [-0.2, -0.15) is 17.0 Å². The predicted octanol–water partition coefficient (Wildman–Crippen LogP) is -0.268. The molecule has 0 bridgehead atoms. The Balaban J connectivity index is 1.96. The molecular weight excluding hydrogens is 354 g/mol. The molecule has 0 aliphatic carbocycles. The van der Waals surface area contributed by atoms with Gasteiger partial charge in [0.05, 0.1) is 18.1 Å². The molecule has 140 valence electrons. The number of nitrogens with zero attached hydrogens (tertiary/aromatic N) is 2. The maximum atomic E-state index is 12.7. The minimum absolute atomic E-state index is 0.0657. The summed E-state index contributed by atoms with van der Waals surface area (Å²) < 4.78 is 50.9. The quantitative estimate of drug-likeness (QED) is 0.682. The van der Waals surface area contributed by atoms with Crippen LogP contribution in [0.25, 0.3) is 0 Å². The van der Waals surface area contributed by atoms with Crippen LogP contribution in [-0.2, 0) is 24.8 Å². The Morgan fingerprint density at radius 1 is 1.21 bits per heavy atom. The number of likely N-dealkylation sites (N-methyl/N-ethyl adjacent to an activating group) is 1. The molecule has 0 saturated carbocycles. The second kappa shape index (κ2) is 8.11. The number of nitrogens with one attached hydrogen (secondary N) is 1. The van der Waals surface area contributed by atoms with Crippen molar-refractivity contribution in [3.8, 4) is 0 Å². The summed E-state index contributed by atoms with van der Waals surface area (Å²) in [5.74, 6) is -0.442. The molecule has 2 aliphatic rings. The summed E-state index contributed by atoms with van der Waals surface area (Å²) >= 11 is 0. The van der Waals surface area contributed by atoms with Crippen LogP contribution in [0.1, 0.15) is 39.0 Å². The van der Waals surface area contributed by atoms with E-state index in [9.17, 15) is 21.6 Å². The van der Waals surface area contributed by atoms with Crippen molar-refractivity contribution in [3.63, 3.8) is 0 Å². The van der Waals surface area contributed by atoms with Gasteiger partial charge >= 0.3 is 0 Å². The van der Waals surface area contributed by atoms with Crippen molar-refractivity contribution < 1.29 is 21.6 Å². The molecule has 0 unspecified atom stereocenters. The number of carbonyl (C=O) groups excluding carboxylic acids is 1. The van der Waals surface area contributed by atoms with Gasteiger partial charge in [-0.1, -0.05) is 19.8 Å². The first-order chi connectivity index (χ1) is 11.2. The van der Waals surface area contributed by atoms with Gasteiger partial charge in [-0.05, 0) is 19.3 Å². The first-order valence-electron chi connectivity index (χ1n) is 8.49. The summed E-state index contributed by atoms with van der Waals surface area (Å²) in [5.41, 5.74) is 0. The van der Waals surface area contributed by atoms with Crippen molar-refractivity contribution in [2.45, 2.75) is 45.1 Å². The van der Waals surface area contributed by atoms with Crippen LogP contribution in [0.4, 0.5) is 0 Å². The van der Waals surface area contributed by atoms with Crippen molar-refractivity contribution in [2.75, 3.05) is 37.7 Å². The molecule has 0 aromatic carbocycles. The molecular formula is C14H27N3O5S2. The second-order valence-corrected chi connectivity index (χ2v) is 10.6. The van der Waals surface area contributed by atoms with E-state index in [1.807, 2.05) is 0 Å². The Hall–Kier alpha value is -0.710. The number of hydrogen-bond donors (Lipinski definition) is 1. The van der Waals surface area contributed by atoms with Crippen LogP contribution in [0.15, 0.2) is 0 Å². The highest BCUT2D eigenvalue weighted by molar-refractivity contribution is 7.91. The highest BCUT2D eigenvalue weighted by atomic mass is 32.2. The number of hydrogen-bond acceptors (Lipinski definition) is 5. The SMILES string of the molecule is CCN(CC(=O)N[C@H]1CCS(=O)(=O)C1)S(=O)(=O)N1CCCCCC1. The van der Waals surface area contributed by atoms with E-state index in [0.717, 1.165) is 30.0 Å². The van der Waals surface area contributed by atoms with Crippen molar-refractivity contribution in [1.82, 2.24) is 13.9 Å². The molecule has 0 aromatic heterocycles. The zero-order valence-electron chi connectivity index (χ0n) is 14.1. The molecule has 2 heterocycles. The smallest absolute Gasteiger partial charge is 0.282 e. The van der Waals surface area contributed by atoms with Crippen LogP contribution in [0, 0.1) is 0 Å². The van der Waals surface area contributed by atoms with Crippen molar-refractivity contribution in [2.24, 2.45) is 0 Å². The predicted molar refractivity (Wildman–Crippen MR) is 91.4 cm³/mol. The highest BCUT2D eigenvalue weighted by Gasteiger charge is 2.33. The summed E-state index contributed by atoms with van der Waals surface area (Å²) in [6, 6.07) is -0.415. The van der Waals surface area contributed by atoms with E-state index in [1.165, 1.54) is 4.31 Å². The van der Waals surface area contributed by atoms with Gasteiger partial charge in [0.1, 0.15) is 0 Å². The Kier molecular flexibility index (Phi) is 6.63. The van der Waals surface area contributed by atoms with Crippen LogP contribution >= 0.6 is 0 Å². The van der Waals surface area contributed by atoms with Crippen LogP contribution in [0.5, 0.6) is 0 Å². The zero-order valence-corrected chi connectivity index (χ0v) is 15.7. The second-order valence-electron chi connectivity index (χ2n) is 6.41. The number of rotatable bonds is 6. The molecule has 2 rings (SSSR count). The molecule has 1 atom stereocenters. The topological polar surface area (TPSA) is 104 Å². The van der Waals surface area contributed by atoms with Crippen molar-refractivity contribution in [3.05, 3.63) is 0 Å². The molecule has 24 heavy (non-hydrogen) atoms. The van der Waals surface area contributed by atoms with Gasteiger partial charge in [-0.25, -0.2) is 8.42 Å². The lowest BCUT2D eigenvalue weighted by atomic mass is 10.2. The lowest BCUT2D eigenvalue weighted by molar-refractivity contribution is -0.121. The third-order valence-corrected chi connectivity index (χ3v) is 8.31. The molecule has 0 radical (unpaired) electrons. The molecule has 1 amide bonds. The fourth-order valence-corrected chi connectivity index (χ4v) is 6.46. The van der Waals surface area contributed by atoms with E-state index in [0.29, 0.717) is 19.5 Å². The highest BCUT2D eigenvalue weighted by Crippen LogP contribution is 2.16. The number of amides is 1. The fourth-order valence-electron chi connectivity index (χ4n) is 3.13. The van der Waals surface area contributed by atoms with E-state index in [2.05, 4.69) is 5.32 Å². The summed E-state index contributed by atoms with van der Waals surface area (Å²) in [4.78, 5) is 12.1. The molecule has 2 saturated heterocycles. The minimum atomic E-state index is -3.66. The number of sulfone groups is 1. The first kappa shape index (κ1) is 19.6. The van der Waals surface area contributed by atoms with Crippen LogP contribution in [-0.4, -0.2) is 75.1 Å². The molecule has 2 fully saturated rings. The molecule has 2 aliphatic heterocycles. The summed E-state index contributed by atoms with van der Waals surface area (Å²) in [7, 11) is -6.74. The van der Waals surface area contributed by atoms with E-state index in [1.54, 1.807) is 6.92 Å². The Morgan fingerprint density at radius 3 is 2.33 bits per heavy atom. The van der Waals surface area contributed by atoms with Gasteiger partial charge in [-0.3, -0.25) is 4.79 Å². The Bertz CT molecular complexity index is 639. The summed E-state index contributed by atoms with van der Waals surface area (Å²) in [6.45, 7) is 2.60. The summed E-state index contributed by atoms with van der Waals surface area (Å²) in [6.07, 6.45) is 4.11. The monoisotopic (exact) mass is 381 g/mol. The van der Waals surface area contributed by atoms with Crippen molar-refractivity contribution >= 4 is 26.0 Å². The molecule has 0 aromatic rings. The van der Waals surface area contributed by atoms with E-state index in [-0.39, 0.29) is 24.6 Å². The third kappa shape index (κ3) is 5.14. The fraction of sp³-hybridized carbons (Fsp3) is 0.929. The van der Waals surface area contributed by atoms with Gasteiger partial charge in [0.2, 0.25) is 5.91 Å². The van der Waals surface area contributed by atoms with Crippen LogP contribution in [0.2, 0.25) is 0 Å². The maximum absolute atomic E-state index is 12.7. The average molecular weight is 382 g/mol. The lowest BCUT2D eigenvalue weighted by Crippen LogP contribution is -2.49. The van der Waals surface area contributed by atoms with Crippen LogP contribution < -0.4 is 5.32 Å². The Morgan fingerprint density at radius 2 is 1.83 bits per heavy atom. The first-order valence-corrected chi connectivity index (χ1v) is 11.7. The maximum Gasteiger partial charge on any atom is 0.282 e. The number of carbonyl (C=O) groups is 1.